The maximum absolute atomic E-state index is 5.56. The van der Waals surface area contributed by atoms with Crippen LogP contribution in [0.3, 0.4) is 0 Å². The number of nitrogens with one attached hydrogen (secondary N) is 2. The van der Waals surface area contributed by atoms with Gasteiger partial charge in [0.15, 0.2) is 17.5 Å². The predicted molar refractivity (Wildman–Crippen MR) is 108 cm³/mol. The van der Waals surface area contributed by atoms with Crippen LogP contribution in [0, 0.1) is 0 Å². The van der Waals surface area contributed by atoms with Crippen molar-refractivity contribution < 1.29 is 9.47 Å². The van der Waals surface area contributed by atoms with E-state index in [0.29, 0.717) is 12.8 Å². The second-order valence-electron chi connectivity index (χ2n) is 7.85. The Kier molecular flexibility index (Phi) is 5.43. The summed E-state index contributed by atoms with van der Waals surface area (Å²) in [5.74, 6) is 2.66. The maximum Gasteiger partial charge on any atom is 0.231 e. The summed E-state index contributed by atoms with van der Waals surface area (Å²) in [5, 5.41) is 6.98. The molecule has 2 N–H and O–H groups in total. The first kappa shape index (κ1) is 18.4. The van der Waals surface area contributed by atoms with E-state index < -0.39 is 0 Å². The molecule has 27 heavy (non-hydrogen) atoms. The summed E-state index contributed by atoms with van der Waals surface area (Å²) >= 11 is 0. The summed E-state index contributed by atoms with van der Waals surface area (Å²) in [5.41, 5.74) is 1.48. The summed E-state index contributed by atoms with van der Waals surface area (Å²) in [6.07, 6.45) is 4.95. The topological polar surface area (TPSA) is 58.1 Å². The number of nitrogens with zero attached hydrogens (tertiary/aromatic N) is 2. The van der Waals surface area contributed by atoms with Crippen molar-refractivity contribution in [2.24, 2.45) is 4.99 Å². The zero-order valence-corrected chi connectivity index (χ0v) is 16.6. The molecule has 2 fully saturated rings. The lowest BCUT2D eigenvalue weighted by Crippen LogP contribution is -2.45. The fraction of sp³-hybridized carbons (Fsp3) is 0.667. The molecule has 1 saturated carbocycles. The fourth-order valence-electron chi connectivity index (χ4n) is 4.24. The largest absolute Gasteiger partial charge is 0.454 e. The number of likely N-dealkylation sites (tertiary alicyclic amines) is 1. The molecule has 1 unspecified atom stereocenters. The average molecular weight is 373 g/mol. The van der Waals surface area contributed by atoms with Crippen molar-refractivity contribution in [1.29, 1.82) is 0 Å². The number of likely N-dealkylation sites (N-methyl/N-ethyl adjacent to an activating group) is 1. The molecule has 0 radical (unpaired) electrons. The van der Waals surface area contributed by atoms with Crippen LogP contribution in [-0.4, -0.2) is 56.4 Å². The Labute approximate surface area is 162 Å². The van der Waals surface area contributed by atoms with Crippen LogP contribution in [0.5, 0.6) is 11.5 Å². The Morgan fingerprint density at radius 1 is 1.22 bits per heavy atom. The Balaban J connectivity index is 1.39. The zero-order chi connectivity index (χ0) is 18.7. The highest BCUT2D eigenvalue weighted by atomic mass is 16.7. The van der Waals surface area contributed by atoms with Crippen LogP contribution >= 0.6 is 0 Å². The number of aliphatic imine (C=N–C) groups is 1. The third-order valence-corrected chi connectivity index (χ3v) is 6.13. The van der Waals surface area contributed by atoms with Crippen molar-refractivity contribution in [3.63, 3.8) is 0 Å². The molecule has 1 saturated heterocycles. The summed E-state index contributed by atoms with van der Waals surface area (Å²) in [4.78, 5) is 7.49. The minimum absolute atomic E-state index is 0.159. The Morgan fingerprint density at radius 3 is 2.85 bits per heavy atom. The van der Waals surface area contributed by atoms with Gasteiger partial charge in [0.2, 0.25) is 6.79 Å². The van der Waals surface area contributed by atoms with Gasteiger partial charge < -0.3 is 20.1 Å². The van der Waals surface area contributed by atoms with Gasteiger partial charge >= 0.3 is 0 Å². The van der Waals surface area contributed by atoms with Crippen LogP contribution in [0.4, 0.5) is 0 Å². The number of rotatable bonds is 7. The van der Waals surface area contributed by atoms with Crippen LogP contribution in [-0.2, 0) is 5.41 Å². The molecule has 6 heteroatoms. The van der Waals surface area contributed by atoms with Crippen LogP contribution < -0.4 is 20.1 Å². The second kappa shape index (κ2) is 7.97. The summed E-state index contributed by atoms with van der Waals surface area (Å²) in [7, 11) is 0. The summed E-state index contributed by atoms with van der Waals surface area (Å²) in [6, 6.07) is 6.98. The van der Waals surface area contributed by atoms with Crippen LogP contribution in [0.15, 0.2) is 23.2 Å². The van der Waals surface area contributed by atoms with E-state index in [1.54, 1.807) is 0 Å². The van der Waals surface area contributed by atoms with Crippen LogP contribution in [0.25, 0.3) is 0 Å². The van der Waals surface area contributed by atoms with Gasteiger partial charge in [0.1, 0.15) is 0 Å². The Morgan fingerprint density at radius 2 is 2.07 bits per heavy atom. The lowest BCUT2D eigenvalue weighted by molar-refractivity contribution is 0.174. The number of benzene rings is 1. The van der Waals surface area contributed by atoms with Crippen LogP contribution in [0.1, 0.15) is 45.1 Å². The first-order valence-electron chi connectivity index (χ1n) is 10.4. The number of hydrogen-bond donors (Lipinski definition) is 2. The van der Waals surface area contributed by atoms with Crippen molar-refractivity contribution in [3.05, 3.63) is 23.8 Å². The predicted octanol–water partition coefficient (Wildman–Crippen LogP) is 2.49. The monoisotopic (exact) mass is 372 g/mol. The molecule has 3 aliphatic rings. The highest BCUT2D eigenvalue weighted by Gasteiger charge is 2.44. The van der Waals surface area contributed by atoms with Crippen molar-refractivity contribution in [3.8, 4) is 11.5 Å². The molecule has 4 rings (SSSR count). The molecule has 2 heterocycles. The van der Waals surface area contributed by atoms with Gasteiger partial charge in [0, 0.05) is 24.5 Å². The molecule has 0 bridgehead atoms. The third-order valence-electron chi connectivity index (χ3n) is 6.13. The van der Waals surface area contributed by atoms with Gasteiger partial charge in [-0.05, 0) is 63.4 Å². The fourth-order valence-corrected chi connectivity index (χ4v) is 4.24. The molecule has 2 aliphatic heterocycles. The Bertz CT molecular complexity index is 687. The first-order valence-corrected chi connectivity index (χ1v) is 10.4. The molecule has 0 aromatic heterocycles. The van der Waals surface area contributed by atoms with Crippen molar-refractivity contribution in [2.75, 3.05) is 39.5 Å². The molecule has 0 amide bonds. The molecule has 6 nitrogen and oxygen atoms in total. The van der Waals surface area contributed by atoms with E-state index >= 15 is 0 Å². The van der Waals surface area contributed by atoms with E-state index in [-0.39, 0.29) is 5.41 Å². The van der Waals surface area contributed by atoms with E-state index in [4.69, 9.17) is 14.5 Å². The normalized spacial score (nSPS) is 23.5. The van der Waals surface area contributed by atoms with Gasteiger partial charge in [0.05, 0.1) is 6.54 Å². The van der Waals surface area contributed by atoms with Gasteiger partial charge in [-0.1, -0.05) is 13.0 Å². The van der Waals surface area contributed by atoms with Gasteiger partial charge in [0.25, 0.3) is 0 Å². The van der Waals surface area contributed by atoms with E-state index in [1.807, 2.05) is 6.07 Å². The van der Waals surface area contributed by atoms with Gasteiger partial charge in [-0.25, -0.2) is 0 Å². The second-order valence-corrected chi connectivity index (χ2v) is 7.85. The van der Waals surface area contributed by atoms with Crippen molar-refractivity contribution in [2.45, 2.75) is 51.0 Å². The minimum atomic E-state index is 0.159. The first-order chi connectivity index (χ1) is 13.2. The molecule has 148 valence electrons. The Hall–Kier alpha value is -1.95. The summed E-state index contributed by atoms with van der Waals surface area (Å²) < 4.78 is 11.0. The van der Waals surface area contributed by atoms with Crippen molar-refractivity contribution in [1.82, 2.24) is 15.5 Å². The highest BCUT2D eigenvalue weighted by Crippen LogP contribution is 2.50. The van der Waals surface area contributed by atoms with E-state index in [2.05, 4.69) is 41.5 Å². The van der Waals surface area contributed by atoms with Gasteiger partial charge in [-0.15, -0.1) is 0 Å². The number of hydrogen-bond acceptors (Lipinski definition) is 4. The molecule has 0 spiro atoms. The summed E-state index contributed by atoms with van der Waals surface area (Å²) in [6.45, 7) is 9.72. The van der Waals surface area contributed by atoms with E-state index in [9.17, 15) is 0 Å². The quantitative estimate of drug-likeness (QED) is 0.569. The molecule has 1 atom stereocenters. The van der Waals surface area contributed by atoms with E-state index in [1.165, 1.54) is 37.8 Å². The van der Waals surface area contributed by atoms with Crippen molar-refractivity contribution >= 4 is 5.96 Å². The lowest BCUT2D eigenvalue weighted by atomic mass is 9.96. The standard InChI is InChI=1S/C21H32N4O2/c1-3-22-20(23-13-17-6-5-11-25(17)4-2)24-14-21(9-10-21)16-7-8-18-19(12-16)27-15-26-18/h7-8,12,17H,3-6,9-11,13-15H2,1-2H3,(H2,22,23,24). The number of fused-ring (bicyclic) bond motifs is 1. The molecular weight excluding hydrogens is 340 g/mol. The zero-order valence-electron chi connectivity index (χ0n) is 16.6. The number of ether oxygens (including phenoxy) is 2. The molecule has 1 aromatic carbocycles. The SMILES string of the molecule is CCNC(=NCC1(c2ccc3c(c2)OCO3)CC1)NCC1CCCN1CC. The molecule has 1 aliphatic carbocycles. The lowest BCUT2D eigenvalue weighted by Gasteiger charge is -2.24. The third kappa shape index (κ3) is 4.00. The molecular formula is C21H32N4O2. The van der Waals surface area contributed by atoms with Crippen LogP contribution in [0.2, 0.25) is 0 Å². The smallest absolute Gasteiger partial charge is 0.231 e. The molecule has 1 aromatic rings. The van der Waals surface area contributed by atoms with E-state index in [0.717, 1.165) is 43.6 Å². The maximum atomic E-state index is 5.56. The number of guanidine groups is 1. The minimum Gasteiger partial charge on any atom is -0.454 e. The average Bonchev–Trinajstić information content (AvgIpc) is 3.12. The van der Waals surface area contributed by atoms with Gasteiger partial charge in [-0.3, -0.25) is 9.89 Å². The van der Waals surface area contributed by atoms with Gasteiger partial charge in [-0.2, -0.15) is 0 Å². The highest BCUT2D eigenvalue weighted by molar-refractivity contribution is 5.79.